The Hall–Kier alpha value is -0.960. The van der Waals surface area contributed by atoms with Crippen molar-refractivity contribution in [1.82, 2.24) is 15.3 Å². The lowest BCUT2D eigenvalue weighted by Crippen LogP contribution is -2.29. The number of fused-ring (bicyclic) bond motifs is 1. The first-order chi connectivity index (χ1) is 8.33. The van der Waals surface area contributed by atoms with Crippen molar-refractivity contribution >= 4 is 0 Å². The topological polar surface area (TPSA) is 37.8 Å². The smallest absolute Gasteiger partial charge is 0.125 e. The zero-order chi connectivity index (χ0) is 11.7. The summed E-state index contributed by atoms with van der Waals surface area (Å²) in [7, 11) is 0. The van der Waals surface area contributed by atoms with E-state index in [9.17, 15) is 0 Å². The number of hydrogen-bond donors (Lipinski definition) is 1. The molecule has 2 heterocycles. The summed E-state index contributed by atoms with van der Waals surface area (Å²) >= 11 is 0. The minimum absolute atomic E-state index is 0.832. The van der Waals surface area contributed by atoms with Crippen LogP contribution in [0.25, 0.3) is 0 Å². The maximum atomic E-state index is 4.55. The van der Waals surface area contributed by atoms with Gasteiger partial charge in [0.05, 0.1) is 0 Å². The van der Waals surface area contributed by atoms with Gasteiger partial charge in [0.2, 0.25) is 0 Å². The SMILES string of the molecule is Cc1nccc(C[C@H]2CCC[C@@H]3CNC[C@@H]32)n1. The fourth-order valence-electron chi connectivity index (χ4n) is 3.62. The van der Waals surface area contributed by atoms with E-state index in [1.807, 2.05) is 13.1 Å². The molecule has 1 aromatic heterocycles. The molecule has 0 bridgehead atoms. The molecule has 3 rings (SSSR count). The maximum absolute atomic E-state index is 4.55. The Kier molecular flexibility index (Phi) is 3.10. The second-order valence-electron chi connectivity index (χ2n) is 5.57. The van der Waals surface area contributed by atoms with Crippen molar-refractivity contribution in [2.24, 2.45) is 17.8 Å². The van der Waals surface area contributed by atoms with Gasteiger partial charge >= 0.3 is 0 Å². The molecular formula is C14H21N3. The van der Waals surface area contributed by atoms with E-state index >= 15 is 0 Å². The number of rotatable bonds is 2. The second-order valence-corrected chi connectivity index (χ2v) is 5.57. The van der Waals surface area contributed by atoms with Gasteiger partial charge in [0.1, 0.15) is 5.82 Å². The molecule has 0 unspecified atom stereocenters. The van der Waals surface area contributed by atoms with Crippen LogP contribution in [0, 0.1) is 24.7 Å². The number of aryl methyl sites for hydroxylation is 1. The van der Waals surface area contributed by atoms with E-state index in [-0.39, 0.29) is 0 Å². The van der Waals surface area contributed by atoms with Crippen LogP contribution in [0.5, 0.6) is 0 Å². The van der Waals surface area contributed by atoms with Crippen molar-refractivity contribution in [3.63, 3.8) is 0 Å². The lowest BCUT2D eigenvalue weighted by atomic mass is 9.72. The third kappa shape index (κ3) is 2.34. The standard InChI is InChI=1S/C14H21N3/c1-10-16-6-5-13(17-10)7-11-3-2-4-12-8-15-9-14(11)12/h5-6,11-12,14-15H,2-4,7-9H2,1H3/t11-,12-,14-/m1/s1. The van der Waals surface area contributed by atoms with Gasteiger partial charge in [-0.2, -0.15) is 0 Å². The predicted octanol–water partition coefficient (Wildman–Crippen LogP) is 1.96. The molecule has 0 amide bonds. The fourth-order valence-corrected chi connectivity index (χ4v) is 3.62. The Balaban J connectivity index is 1.71. The molecule has 1 aliphatic heterocycles. The summed E-state index contributed by atoms with van der Waals surface area (Å²) in [5.41, 5.74) is 1.23. The molecule has 17 heavy (non-hydrogen) atoms. The Morgan fingerprint density at radius 1 is 1.35 bits per heavy atom. The van der Waals surface area contributed by atoms with Crippen molar-refractivity contribution in [2.75, 3.05) is 13.1 Å². The highest BCUT2D eigenvalue weighted by Gasteiger charge is 2.36. The van der Waals surface area contributed by atoms with Crippen LogP contribution in [-0.4, -0.2) is 23.1 Å². The zero-order valence-corrected chi connectivity index (χ0v) is 10.5. The van der Waals surface area contributed by atoms with Crippen molar-refractivity contribution in [3.8, 4) is 0 Å². The average molecular weight is 231 g/mol. The van der Waals surface area contributed by atoms with Crippen LogP contribution in [0.1, 0.15) is 30.8 Å². The molecule has 1 saturated heterocycles. The third-order valence-corrected chi connectivity index (χ3v) is 4.45. The summed E-state index contributed by atoms with van der Waals surface area (Å²) in [5.74, 6) is 3.55. The molecule has 1 N–H and O–H groups in total. The van der Waals surface area contributed by atoms with Gasteiger partial charge in [-0.05, 0) is 63.1 Å². The van der Waals surface area contributed by atoms with Crippen molar-refractivity contribution in [2.45, 2.75) is 32.6 Å². The van der Waals surface area contributed by atoms with Crippen LogP contribution in [0.2, 0.25) is 0 Å². The number of hydrogen-bond acceptors (Lipinski definition) is 3. The number of nitrogens with one attached hydrogen (secondary N) is 1. The largest absolute Gasteiger partial charge is 0.316 e. The minimum atomic E-state index is 0.832. The van der Waals surface area contributed by atoms with E-state index < -0.39 is 0 Å². The van der Waals surface area contributed by atoms with E-state index in [1.54, 1.807) is 0 Å². The van der Waals surface area contributed by atoms with Crippen molar-refractivity contribution in [3.05, 3.63) is 23.8 Å². The van der Waals surface area contributed by atoms with E-state index in [0.717, 1.165) is 30.0 Å². The third-order valence-electron chi connectivity index (χ3n) is 4.45. The van der Waals surface area contributed by atoms with Crippen LogP contribution in [-0.2, 0) is 6.42 Å². The average Bonchev–Trinajstić information content (AvgIpc) is 2.78. The Labute approximate surface area is 103 Å². The molecule has 2 fully saturated rings. The summed E-state index contributed by atoms with van der Waals surface area (Å²) in [6, 6.07) is 2.08. The Bertz CT molecular complexity index is 391. The lowest BCUT2D eigenvalue weighted by Gasteiger charge is -2.33. The second kappa shape index (κ2) is 4.73. The molecule has 1 aromatic rings. The highest BCUT2D eigenvalue weighted by atomic mass is 14.9. The molecule has 1 aliphatic carbocycles. The summed E-state index contributed by atoms with van der Waals surface area (Å²) < 4.78 is 0. The highest BCUT2D eigenvalue weighted by molar-refractivity contribution is 5.04. The molecule has 3 atom stereocenters. The summed E-state index contributed by atoms with van der Waals surface area (Å²) in [4.78, 5) is 8.73. The quantitative estimate of drug-likeness (QED) is 0.845. The van der Waals surface area contributed by atoms with Gasteiger partial charge in [0, 0.05) is 11.9 Å². The van der Waals surface area contributed by atoms with Crippen LogP contribution < -0.4 is 5.32 Å². The van der Waals surface area contributed by atoms with Gasteiger partial charge < -0.3 is 5.32 Å². The van der Waals surface area contributed by atoms with Crippen LogP contribution in [0.3, 0.4) is 0 Å². The van der Waals surface area contributed by atoms with Crippen molar-refractivity contribution in [1.29, 1.82) is 0 Å². The van der Waals surface area contributed by atoms with E-state index in [4.69, 9.17) is 0 Å². The molecule has 3 heteroatoms. The fraction of sp³-hybridized carbons (Fsp3) is 0.714. The van der Waals surface area contributed by atoms with Gasteiger partial charge in [-0.1, -0.05) is 6.42 Å². The monoisotopic (exact) mass is 231 g/mol. The highest BCUT2D eigenvalue weighted by Crippen LogP contribution is 2.38. The molecule has 0 radical (unpaired) electrons. The minimum Gasteiger partial charge on any atom is -0.316 e. The van der Waals surface area contributed by atoms with Gasteiger partial charge in [-0.3, -0.25) is 0 Å². The lowest BCUT2D eigenvalue weighted by molar-refractivity contribution is 0.197. The summed E-state index contributed by atoms with van der Waals surface area (Å²) in [5, 5.41) is 3.56. The van der Waals surface area contributed by atoms with Gasteiger partial charge in [0.25, 0.3) is 0 Å². The molecule has 2 aliphatic rings. The summed E-state index contributed by atoms with van der Waals surface area (Å²) in [6.07, 6.45) is 7.25. The van der Waals surface area contributed by atoms with E-state index in [0.29, 0.717) is 0 Å². The van der Waals surface area contributed by atoms with Crippen molar-refractivity contribution < 1.29 is 0 Å². The number of aromatic nitrogens is 2. The van der Waals surface area contributed by atoms with E-state index in [2.05, 4.69) is 21.4 Å². The molecule has 3 nitrogen and oxygen atoms in total. The van der Waals surface area contributed by atoms with Crippen LogP contribution in [0.15, 0.2) is 12.3 Å². The zero-order valence-electron chi connectivity index (χ0n) is 10.5. The molecule has 1 saturated carbocycles. The molecule has 0 spiro atoms. The normalized spacial score (nSPS) is 32.4. The van der Waals surface area contributed by atoms with Gasteiger partial charge in [-0.15, -0.1) is 0 Å². The summed E-state index contributed by atoms with van der Waals surface area (Å²) in [6.45, 7) is 4.44. The first kappa shape index (κ1) is 11.1. The van der Waals surface area contributed by atoms with Crippen LogP contribution >= 0.6 is 0 Å². The maximum Gasteiger partial charge on any atom is 0.125 e. The van der Waals surface area contributed by atoms with Gasteiger partial charge in [0.15, 0.2) is 0 Å². The van der Waals surface area contributed by atoms with Crippen LogP contribution in [0.4, 0.5) is 0 Å². The first-order valence-corrected chi connectivity index (χ1v) is 6.82. The molecule has 0 aromatic carbocycles. The number of nitrogens with zero attached hydrogens (tertiary/aromatic N) is 2. The molecular weight excluding hydrogens is 210 g/mol. The predicted molar refractivity (Wildman–Crippen MR) is 67.7 cm³/mol. The van der Waals surface area contributed by atoms with E-state index in [1.165, 1.54) is 38.0 Å². The molecule has 92 valence electrons. The Morgan fingerprint density at radius 2 is 2.29 bits per heavy atom. The Morgan fingerprint density at radius 3 is 3.18 bits per heavy atom. The first-order valence-electron chi connectivity index (χ1n) is 6.82. The van der Waals surface area contributed by atoms with Gasteiger partial charge in [-0.25, -0.2) is 9.97 Å².